The van der Waals surface area contributed by atoms with Crippen LogP contribution in [0.5, 0.6) is 0 Å². The van der Waals surface area contributed by atoms with Crippen LogP contribution >= 0.6 is 10.9 Å². The van der Waals surface area contributed by atoms with E-state index in [2.05, 4.69) is 0 Å². The van der Waals surface area contributed by atoms with Crippen LogP contribution < -0.4 is 0 Å². The second-order valence-corrected chi connectivity index (χ2v) is 4.95. The summed E-state index contributed by atoms with van der Waals surface area (Å²) in [7, 11) is -2.88. The van der Waals surface area contributed by atoms with E-state index in [1.54, 1.807) is 0 Å². The van der Waals surface area contributed by atoms with Gasteiger partial charge in [0.25, 0.3) is 0 Å². The van der Waals surface area contributed by atoms with E-state index in [9.17, 15) is 0 Å². The highest BCUT2D eigenvalue weighted by Crippen LogP contribution is 2.35. The molecule has 0 aromatic heterocycles. The number of aliphatic hydroxyl groups excluding tert-OH is 1. The van der Waals surface area contributed by atoms with Gasteiger partial charge in [0, 0.05) is 6.26 Å². The molecule has 2 atom stereocenters. The lowest BCUT2D eigenvalue weighted by atomic mass is 10.2. The van der Waals surface area contributed by atoms with Gasteiger partial charge in [-0.25, -0.2) is 0 Å². The van der Waals surface area contributed by atoms with E-state index in [4.69, 9.17) is 23.1 Å². The van der Waals surface area contributed by atoms with Crippen LogP contribution in [0.4, 0.5) is 0 Å². The number of rotatable bonds is 4. The van der Waals surface area contributed by atoms with Gasteiger partial charge in [-0.2, -0.15) is 0 Å². The summed E-state index contributed by atoms with van der Waals surface area (Å²) in [6, 6.07) is 0. The maximum absolute atomic E-state index is 8.91. The maximum Gasteiger partial charge on any atom is 0.0902 e. The zero-order valence-corrected chi connectivity index (χ0v) is 8.37. The smallest absolute Gasteiger partial charge is 0.0902 e. The summed E-state index contributed by atoms with van der Waals surface area (Å²) in [5.74, 6) is 0. The van der Waals surface area contributed by atoms with Gasteiger partial charge in [0.15, 0.2) is 0 Å². The van der Waals surface area contributed by atoms with Crippen molar-refractivity contribution in [3.63, 3.8) is 0 Å². The fourth-order valence-electron chi connectivity index (χ4n) is 1.24. The molecule has 0 aliphatic carbocycles. The van der Waals surface area contributed by atoms with Crippen molar-refractivity contribution in [2.45, 2.75) is 25.0 Å². The molecular weight excluding hydrogens is 196 g/mol. The fourth-order valence-corrected chi connectivity index (χ4v) is 1.65. The Labute approximate surface area is 79.2 Å². The third-order valence-corrected chi connectivity index (χ3v) is 2.46. The van der Waals surface area contributed by atoms with Gasteiger partial charge in [-0.3, -0.25) is 4.18 Å². The molecule has 0 bridgehead atoms. The average Bonchev–Trinajstić information content (AvgIpc) is 2.47. The monoisotopic (exact) mass is 212 g/mol. The Bertz CT molecular complexity index is 157. The SMILES string of the molecule is CS(O)(O)OCC1CCC(CO)O1. The predicted octanol–water partition coefficient (Wildman–Crippen LogP) is 0.838. The third-order valence-electron chi connectivity index (χ3n) is 1.88. The van der Waals surface area contributed by atoms with E-state index in [-0.39, 0.29) is 25.4 Å². The first kappa shape index (κ1) is 11.2. The minimum absolute atomic E-state index is 0.0128. The third kappa shape index (κ3) is 4.26. The normalized spacial score (nSPS) is 30.8. The minimum Gasteiger partial charge on any atom is -0.394 e. The van der Waals surface area contributed by atoms with E-state index in [1.807, 2.05) is 0 Å². The lowest BCUT2D eigenvalue weighted by Gasteiger charge is -2.23. The first-order chi connectivity index (χ1) is 6.01. The fraction of sp³-hybridized carbons (Fsp3) is 1.00. The molecule has 0 spiro atoms. The predicted molar refractivity (Wildman–Crippen MR) is 49.7 cm³/mol. The molecule has 5 nitrogen and oxygen atoms in total. The van der Waals surface area contributed by atoms with Crippen LogP contribution in [0, 0.1) is 0 Å². The van der Waals surface area contributed by atoms with Crippen molar-refractivity contribution in [2.75, 3.05) is 19.5 Å². The first-order valence-electron chi connectivity index (χ1n) is 4.15. The molecule has 1 rings (SSSR count). The Hall–Kier alpha value is 0.150. The van der Waals surface area contributed by atoms with Gasteiger partial charge >= 0.3 is 0 Å². The van der Waals surface area contributed by atoms with Gasteiger partial charge in [-0.1, -0.05) is 0 Å². The molecule has 0 radical (unpaired) electrons. The van der Waals surface area contributed by atoms with Crippen molar-refractivity contribution >= 4 is 10.9 Å². The highest BCUT2D eigenvalue weighted by Gasteiger charge is 2.26. The van der Waals surface area contributed by atoms with E-state index in [1.165, 1.54) is 6.26 Å². The van der Waals surface area contributed by atoms with Crippen LogP contribution in [0.15, 0.2) is 0 Å². The molecule has 80 valence electrons. The second kappa shape index (κ2) is 4.59. The number of hydrogen-bond donors (Lipinski definition) is 3. The summed E-state index contributed by atoms with van der Waals surface area (Å²) in [6.07, 6.45) is 2.58. The summed E-state index contributed by atoms with van der Waals surface area (Å²) < 4.78 is 27.9. The number of ether oxygens (including phenoxy) is 1. The van der Waals surface area contributed by atoms with Crippen LogP contribution in [0.1, 0.15) is 12.8 Å². The Morgan fingerprint density at radius 2 is 2.00 bits per heavy atom. The van der Waals surface area contributed by atoms with Crippen molar-refractivity contribution in [3.8, 4) is 0 Å². The van der Waals surface area contributed by atoms with E-state index < -0.39 is 10.9 Å². The van der Waals surface area contributed by atoms with Gasteiger partial charge in [0.1, 0.15) is 0 Å². The summed E-state index contributed by atoms with van der Waals surface area (Å²) >= 11 is 0. The number of aliphatic hydroxyl groups is 1. The summed E-state index contributed by atoms with van der Waals surface area (Å²) in [5.41, 5.74) is 0. The van der Waals surface area contributed by atoms with Gasteiger partial charge < -0.3 is 18.9 Å². The molecule has 1 saturated heterocycles. The highest BCUT2D eigenvalue weighted by atomic mass is 32.3. The second-order valence-electron chi connectivity index (χ2n) is 3.19. The van der Waals surface area contributed by atoms with Crippen molar-refractivity contribution in [1.29, 1.82) is 0 Å². The molecule has 1 aliphatic heterocycles. The van der Waals surface area contributed by atoms with Crippen molar-refractivity contribution in [1.82, 2.24) is 0 Å². The zero-order chi connectivity index (χ0) is 9.90. The standard InChI is InChI=1S/C7H16O5S/c1-13(9,10)11-5-7-3-2-6(4-8)12-7/h6-10H,2-5H2,1H3. The minimum atomic E-state index is -2.88. The van der Waals surface area contributed by atoms with Crippen molar-refractivity contribution in [2.24, 2.45) is 0 Å². The summed E-state index contributed by atoms with van der Waals surface area (Å²) in [6.45, 7) is 0.189. The Morgan fingerprint density at radius 1 is 1.38 bits per heavy atom. The van der Waals surface area contributed by atoms with Crippen molar-refractivity contribution < 1.29 is 23.1 Å². The maximum atomic E-state index is 8.91. The summed E-state index contributed by atoms with van der Waals surface area (Å²) in [5, 5.41) is 8.75. The van der Waals surface area contributed by atoms with Gasteiger partial charge in [-0.15, -0.1) is 0 Å². The molecule has 1 heterocycles. The van der Waals surface area contributed by atoms with Crippen LogP contribution in [-0.2, 0) is 8.92 Å². The molecule has 6 heteroatoms. The Balaban J connectivity index is 2.17. The van der Waals surface area contributed by atoms with Gasteiger partial charge in [0.05, 0.1) is 36.3 Å². The first-order valence-corrected chi connectivity index (χ1v) is 6.03. The van der Waals surface area contributed by atoms with E-state index >= 15 is 0 Å². The molecule has 0 aromatic carbocycles. The molecule has 13 heavy (non-hydrogen) atoms. The molecular formula is C7H16O5S. The van der Waals surface area contributed by atoms with Crippen molar-refractivity contribution in [3.05, 3.63) is 0 Å². The van der Waals surface area contributed by atoms with Crippen LogP contribution in [0.3, 0.4) is 0 Å². The molecule has 0 amide bonds. The molecule has 0 aromatic rings. The Morgan fingerprint density at radius 3 is 2.46 bits per heavy atom. The lowest BCUT2D eigenvalue weighted by molar-refractivity contribution is -0.00803. The van der Waals surface area contributed by atoms with Crippen LogP contribution in [0.2, 0.25) is 0 Å². The molecule has 2 unspecified atom stereocenters. The van der Waals surface area contributed by atoms with Crippen LogP contribution in [0.25, 0.3) is 0 Å². The molecule has 1 fully saturated rings. The zero-order valence-electron chi connectivity index (χ0n) is 7.55. The van der Waals surface area contributed by atoms with Crippen LogP contribution in [-0.4, -0.2) is 45.9 Å². The summed E-state index contributed by atoms with van der Waals surface area (Å²) in [4.78, 5) is 0. The van der Waals surface area contributed by atoms with Gasteiger partial charge in [0.2, 0.25) is 0 Å². The molecule has 0 saturated carbocycles. The topological polar surface area (TPSA) is 79.2 Å². The largest absolute Gasteiger partial charge is 0.394 e. The quantitative estimate of drug-likeness (QED) is 0.643. The van der Waals surface area contributed by atoms with E-state index in [0.29, 0.717) is 0 Å². The van der Waals surface area contributed by atoms with Gasteiger partial charge in [-0.05, 0) is 12.8 Å². The molecule has 3 N–H and O–H groups in total. The van der Waals surface area contributed by atoms with E-state index in [0.717, 1.165) is 12.8 Å². The Kier molecular flexibility index (Phi) is 3.96. The number of hydrogen-bond acceptors (Lipinski definition) is 5. The lowest BCUT2D eigenvalue weighted by Crippen LogP contribution is -2.19. The molecule has 1 aliphatic rings. The highest BCUT2D eigenvalue weighted by molar-refractivity contribution is 8.19. The average molecular weight is 212 g/mol.